The van der Waals surface area contributed by atoms with Crippen LogP contribution in [0.25, 0.3) is 0 Å². The molecular formula is C23H35N5O9. The van der Waals surface area contributed by atoms with Gasteiger partial charge >= 0.3 is 11.9 Å². The van der Waals surface area contributed by atoms with Crippen LogP contribution < -0.4 is 27.4 Å². The molecule has 5 atom stereocenters. The first kappa shape index (κ1) is 31.3. The summed E-state index contributed by atoms with van der Waals surface area (Å²) in [5.74, 6) is -5.65. The van der Waals surface area contributed by atoms with Gasteiger partial charge in [0.15, 0.2) is 0 Å². The Morgan fingerprint density at radius 1 is 0.865 bits per heavy atom. The zero-order chi connectivity index (χ0) is 28.1. The number of nitrogens with two attached hydrogens (primary N) is 2. The predicted molar refractivity (Wildman–Crippen MR) is 130 cm³/mol. The molecule has 0 aliphatic heterocycles. The van der Waals surface area contributed by atoms with Crippen LogP contribution in [0.2, 0.25) is 0 Å². The highest BCUT2D eigenvalue weighted by Crippen LogP contribution is 2.12. The minimum absolute atomic E-state index is 0.0432. The van der Waals surface area contributed by atoms with Crippen molar-refractivity contribution >= 4 is 29.7 Å². The minimum atomic E-state index is -1.65. The number of aromatic hydroxyl groups is 1. The number of carbonyl (C=O) groups excluding carboxylic acids is 3. The number of amides is 3. The normalized spacial score (nSPS) is 14.9. The Labute approximate surface area is 213 Å². The maximum absolute atomic E-state index is 13.0. The Hall–Kier alpha value is -3.75. The molecule has 0 saturated heterocycles. The second-order valence-electron chi connectivity index (χ2n) is 8.54. The number of aliphatic carboxylic acids is 2. The predicted octanol–water partition coefficient (Wildman–Crippen LogP) is -2.21. The van der Waals surface area contributed by atoms with Crippen LogP contribution >= 0.6 is 0 Å². The van der Waals surface area contributed by atoms with Gasteiger partial charge in [-0.15, -0.1) is 0 Å². The topological polar surface area (TPSA) is 254 Å². The van der Waals surface area contributed by atoms with Gasteiger partial charge < -0.3 is 47.8 Å². The van der Waals surface area contributed by atoms with E-state index in [-0.39, 0.29) is 18.6 Å². The summed E-state index contributed by atoms with van der Waals surface area (Å²) in [6.07, 6.45) is -1.22. The molecule has 1 aromatic rings. The molecule has 14 heteroatoms. The Kier molecular flexibility index (Phi) is 13.0. The van der Waals surface area contributed by atoms with Crippen LogP contribution in [0.5, 0.6) is 5.75 Å². The molecule has 5 unspecified atom stereocenters. The summed E-state index contributed by atoms with van der Waals surface area (Å²) in [6, 6.07) is -0.0573. The van der Waals surface area contributed by atoms with Gasteiger partial charge in [-0.1, -0.05) is 12.1 Å². The van der Waals surface area contributed by atoms with Crippen LogP contribution in [0.1, 0.15) is 38.2 Å². The van der Waals surface area contributed by atoms with Gasteiger partial charge in [0.1, 0.15) is 29.9 Å². The molecule has 1 aromatic carbocycles. The van der Waals surface area contributed by atoms with E-state index in [1.807, 2.05) is 0 Å². The fourth-order valence-electron chi connectivity index (χ4n) is 3.24. The van der Waals surface area contributed by atoms with E-state index >= 15 is 0 Å². The molecule has 0 fully saturated rings. The number of carboxylic acids is 2. The third kappa shape index (κ3) is 11.2. The van der Waals surface area contributed by atoms with Crippen LogP contribution in [0.15, 0.2) is 24.3 Å². The maximum Gasteiger partial charge on any atom is 0.326 e. The van der Waals surface area contributed by atoms with Crippen molar-refractivity contribution in [2.75, 3.05) is 6.54 Å². The smallest absolute Gasteiger partial charge is 0.326 e. The Balaban J connectivity index is 3.15. The monoisotopic (exact) mass is 525 g/mol. The van der Waals surface area contributed by atoms with Crippen molar-refractivity contribution in [3.05, 3.63) is 29.8 Å². The SMILES string of the molecule is CC(O)C(N)C(=O)NC(CC(=O)O)C(=O)NC(Cc1ccc(O)cc1)C(=O)NC(CCCCN)C(=O)O. The van der Waals surface area contributed by atoms with Gasteiger partial charge in [-0.25, -0.2) is 4.79 Å². The van der Waals surface area contributed by atoms with E-state index in [1.54, 1.807) is 0 Å². The lowest BCUT2D eigenvalue weighted by molar-refractivity contribution is -0.143. The lowest BCUT2D eigenvalue weighted by Gasteiger charge is -2.25. The van der Waals surface area contributed by atoms with E-state index in [9.17, 15) is 44.4 Å². The summed E-state index contributed by atoms with van der Waals surface area (Å²) >= 11 is 0. The van der Waals surface area contributed by atoms with Crippen molar-refractivity contribution in [1.29, 1.82) is 0 Å². The molecular weight excluding hydrogens is 490 g/mol. The van der Waals surface area contributed by atoms with Crippen LogP contribution in [0.3, 0.4) is 0 Å². The Bertz CT molecular complexity index is 939. The molecule has 11 N–H and O–H groups in total. The summed E-state index contributed by atoms with van der Waals surface area (Å²) in [7, 11) is 0. The van der Waals surface area contributed by atoms with Crippen LogP contribution in [-0.2, 0) is 30.4 Å². The maximum atomic E-state index is 13.0. The molecule has 0 heterocycles. The number of aliphatic hydroxyl groups is 1. The zero-order valence-corrected chi connectivity index (χ0v) is 20.4. The first-order chi connectivity index (χ1) is 17.3. The molecule has 0 radical (unpaired) electrons. The molecule has 0 aliphatic rings. The van der Waals surface area contributed by atoms with Gasteiger partial charge in [0, 0.05) is 6.42 Å². The molecule has 0 saturated carbocycles. The van der Waals surface area contributed by atoms with Crippen molar-refractivity contribution < 1.29 is 44.4 Å². The van der Waals surface area contributed by atoms with E-state index in [4.69, 9.17) is 11.5 Å². The highest BCUT2D eigenvalue weighted by Gasteiger charge is 2.32. The molecule has 0 bridgehead atoms. The number of carboxylic acid groups (broad SMARTS) is 2. The summed E-state index contributed by atoms with van der Waals surface area (Å²) in [5, 5.41) is 44.6. The van der Waals surface area contributed by atoms with Gasteiger partial charge in [-0.3, -0.25) is 19.2 Å². The summed E-state index contributed by atoms with van der Waals surface area (Å²) in [4.78, 5) is 61.2. The average molecular weight is 526 g/mol. The van der Waals surface area contributed by atoms with E-state index in [0.717, 1.165) is 0 Å². The number of unbranched alkanes of at least 4 members (excludes halogenated alkanes) is 1. The Morgan fingerprint density at radius 2 is 1.41 bits per heavy atom. The van der Waals surface area contributed by atoms with Gasteiger partial charge in [-0.2, -0.15) is 0 Å². The summed E-state index contributed by atoms with van der Waals surface area (Å²) in [6.45, 7) is 1.58. The van der Waals surface area contributed by atoms with Crippen molar-refractivity contribution in [2.45, 2.75) is 69.3 Å². The van der Waals surface area contributed by atoms with Gasteiger partial charge in [-0.05, 0) is 50.4 Å². The quantitative estimate of drug-likeness (QED) is 0.104. The molecule has 37 heavy (non-hydrogen) atoms. The van der Waals surface area contributed by atoms with Gasteiger partial charge in [0.05, 0.1) is 12.5 Å². The van der Waals surface area contributed by atoms with Crippen molar-refractivity contribution in [3.63, 3.8) is 0 Å². The minimum Gasteiger partial charge on any atom is -0.508 e. The van der Waals surface area contributed by atoms with Crippen molar-refractivity contribution in [3.8, 4) is 5.75 Å². The molecule has 0 aromatic heterocycles. The number of phenolic OH excluding ortho intramolecular Hbond substituents is 1. The fraction of sp³-hybridized carbons (Fsp3) is 0.522. The highest BCUT2D eigenvalue weighted by molar-refractivity contribution is 5.95. The molecule has 14 nitrogen and oxygen atoms in total. The molecule has 0 aliphatic carbocycles. The third-order valence-electron chi connectivity index (χ3n) is 5.40. The van der Waals surface area contributed by atoms with E-state index in [2.05, 4.69) is 16.0 Å². The number of benzene rings is 1. The highest BCUT2D eigenvalue weighted by atomic mass is 16.4. The summed E-state index contributed by atoms with van der Waals surface area (Å²) in [5.41, 5.74) is 11.5. The Morgan fingerprint density at radius 3 is 1.92 bits per heavy atom. The van der Waals surface area contributed by atoms with Crippen molar-refractivity contribution in [1.82, 2.24) is 16.0 Å². The lowest BCUT2D eigenvalue weighted by atomic mass is 10.0. The van der Waals surface area contributed by atoms with E-state index in [0.29, 0.717) is 24.9 Å². The van der Waals surface area contributed by atoms with Gasteiger partial charge in [0.2, 0.25) is 17.7 Å². The number of nitrogens with one attached hydrogen (secondary N) is 3. The van der Waals surface area contributed by atoms with Gasteiger partial charge in [0.25, 0.3) is 0 Å². The standard InChI is InChI=1S/C23H35N5O9/c1-12(29)19(25)22(35)28-17(11-18(31)32)21(34)27-16(10-13-5-7-14(30)8-6-13)20(33)26-15(23(36)37)4-2-3-9-24/h5-8,12,15-17,19,29-30H,2-4,9-11,24-25H2,1H3,(H,26,33)(H,27,34)(H,28,35)(H,31,32)(H,36,37). The number of hydrogen-bond donors (Lipinski definition) is 9. The second kappa shape index (κ2) is 15.4. The molecule has 0 spiro atoms. The van der Waals surface area contributed by atoms with E-state index < -0.39 is 66.4 Å². The first-order valence-corrected chi connectivity index (χ1v) is 11.6. The second-order valence-corrected chi connectivity index (χ2v) is 8.54. The number of aliphatic hydroxyl groups excluding tert-OH is 1. The van der Waals surface area contributed by atoms with Crippen LogP contribution in [0.4, 0.5) is 0 Å². The average Bonchev–Trinajstić information content (AvgIpc) is 2.82. The van der Waals surface area contributed by atoms with E-state index in [1.165, 1.54) is 31.2 Å². The number of hydrogen-bond acceptors (Lipinski definition) is 9. The summed E-state index contributed by atoms with van der Waals surface area (Å²) < 4.78 is 0. The largest absolute Gasteiger partial charge is 0.508 e. The fourth-order valence-corrected chi connectivity index (χ4v) is 3.24. The lowest BCUT2D eigenvalue weighted by Crippen LogP contribution is -2.58. The molecule has 1 rings (SSSR count). The van der Waals surface area contributed by atoms with Crippen LogP contribution in [0, 0.1) is 0 Å². The number of phenols is 1. The molecule has 3 amide bonds. The zero-order valence-electron chi connectivity index (χ0n) is 20.4. The number of carbonyl (C=O) groups is 5. The van der Waals surface area contributed by atoms with Crippen molar-refractivity contribution in [2.24, 2.45) is 11.5 Å². The number of rotatable bonds is 16. The van der Waals surface area contributed by atoms with Crippen LogP contribution in [-0.4, -0.2) is 86.9 Å². The molecule has 206 valence electrons. The first-order valence-electron chi connectivity index (χ1n) is 11.6. The third-order valence-corrected chi connectivity index (χ3v) is 5.40.